The number of ether oxygens (including phenoxy) is 1. The van der Waals surface area contributed by atoms with Crippen LogP contribution in [-0.4, -0.2) is 53.1 Å². The first-order valence-electron chi connectivity index (χ1n) is 8.10. The molecule has 3 rings (SSSR count). The molecule has 1 N–H and O–H groups in total. The molecule has 1 aliphatic carbocycles. The van der Waals surface area contributed by atoms with Crippen molar-refractivity contribution < 1.29 is 27.5 Å². The van der Waals surface area contributed by atoms with Crippen molar-refractivity contribution in [3.63, 3.8) is 0 Å². The van der Waals surface area contributed by atoms with Crippen LogP contribution in [-0.2, 0) is 4.79 Å². The van der Waals surface area contributed by atoms with Crippen molar-refractivity contribution in [2.24, 2.45) is 0 Å². The lowest BCUT2D eigenvalue weighted by atomic mass is 10.1. The smallest absolute Gasteiger partial charge is 0.422 e. The van der Waals surface area contributed by atoms with Gasteiger partial charge < -0.3 is 15.0 Å². The van der Waals surface area contributed by atoms with Crippen LogP contribution >= 0.6 is 0 Å². The fourth-order valence-electron chi connectivity index (χ4n) is 2.75. The first-order valence-corrected chi connectivity index (χ1v) is 8.10. The molecule has 1 saturated heterocycles. The molecule has 25 heavy (non-hydrogen) atoms. The monoisotopic (exact) mass is 357 g/mol. The van der Waals surface area contributed by atoms with Gasteiger partial charge in [0.2, 0.25) is 11.8 Å². The van der Waals surface area contributed by atoms with Crippen LogP contribution in [0, 0.1) is 0 Å². The average molecular weight is 357 g/mol. The van der Waals surface area contributed by atoms with Gasteiger partial charge in [-0.15, -0.1) is 0 Å². The third kappa shape index (κ3) is 4.61. The van der Waals surface area contributed by atoms with E-state index in [1.165, 1.54) is 23.2 Å². The van der Waals surface area contributed by atoms with Gasteiger partial charge in [0.25, 0.3) is 5.91 Å². The second-order valence-corrected chi connectivity index (χ2v) is 6.23. The predicted octanol–water partition coefficient (Wildman–Crippen LogP) is 1.91. The number of aromatic nitrogens is 1. The molecule has 2 aliphatic rings. The Hall–Kier alpha value is -2.32. The fraction of sp³-hybridized carbons (Fsp3) is 0.562. The Kier molecular flexibility index (Phi) is 4.82. The van der Waals surface area contributed by atoms with Crippen molar-refractivity contribution in [2.75, 3.05) is 13.2 Å². The third-order valence-corrected chi connectivity index (χ3v) is 4.11. The molecule has 1 saturated carbocycles. The van der Waals surface area contributed by atoms with Crippen LogP contribution in [0.25, 0.3) is 0 Å². The number of carbonyl (C=O) groups excluding carboxylic acids is 2. The van der Waals surface area contributed by atoms with Crippen molar-refractivity contribution in [3.8, 4) is 5.88 Å². The van der Waals surface area contributed by atoms with E-state index >= 15 is 0 Å². The maximum Gasteiger partial charge on any atom is 0.422 e. The van der Waals surface area contributed by atoms with Crippen LogP contribution in [0.15, 0.2) is 18.3 Å². The largest absolute Gasteiger partial charge is 0.468 e. The molecule has 0 bridgehead atoms. The van der Waals surface area contributed by atoms with E-state index in [1.807, 2.05) is 0 Å². The predicted molar refractivity (Wildman–Crippen MR) is 81.0 cm³/mol. The minimum atomic E-state index is -4.48. The molecule has 6 nitrogen and oxygen atoms in total. The summed E-state index contributed by atoms with van der Waals surface area (Å²) in [4.78, 5) is 30.1. The highest BCUT2D eigenvalue weighted by Crippen LogP contribution is 2.24. The number of hydrogen-bond donors (Lipinski definition) is 1. The molecule has 1 aliphatic heterocycles. The Morgan fingerprint density at radius 2 is 2.08 bits per heavy atom. The van der Waals surface area contributed by atoms with E-state index in [1.54, 1.807) is 0 Å². The van der Waals surface area contributed by atoms with Crippen molar-refractivity contribution in [1.82, 2.24) is 15.2 Å². The van der Waals surface area contributed by atoms with E-state index < -0.39 is 24.7 Å². The van der Waals surface area contributed by atoms with Crippen LogP contribution in [0.1, 0.15) is 36.0 Å². The zero-order valence-electron chi connectivity index (χ0n) is 13.4. The minimum absolute atomic E-state index is 0.151. The quantitative estimate of drug-likeness (QED) is 0.874. The van der Waals surface area contributed by atoms with E-state index in [2.05, 4.69) is 15.0 Å². The van der Waals surface area contributed by atoms with Crippen LogP contribution in [0.5, 0.6) is 5.88 Å². The van der Waals surface area contributed by atoms with Crippen LogP contribution in [0.4, 0.5) is 13.2 Å². The first-order chi connectivity index (χ1) is 11.8. The summed E-state index contributed by atoms with van der Waals surface area (Å²) in [6.45, 7) is -1.05. The lowest BCUT2D eigenvalue weighted by Crippen LogP contribution is -2.46. The number of nitrogens with zero attached hydrogens (tertiary/aromatic N) is 2. The number of pyridine rings is 1. The summed E-state index contributed by atoms with van der Waals surface area (Å²) < 4.78 is 41.2. The van der Waals surface area contributed by atoms with Crippen LogP contribution < -0.4 is 10.1 Å². The van der Waals surface area contributed by atoms with E-state index in [0.29, 0.717) is 19.4 Å². The highest BCUT2D eigenvalue weighted by atomic mass is 19.4. The molecule has 136 valence electrons. The van der Waals surface area contributed by atoms with Crippen LogP contribution in [0.3, 0.4) is 0 Å². The van der Waals surface area contributed by atoms with Crippen LogP contribution in [0.2, 0.25) is 0 Å². The molecule has 2 heterocycles. The third-order valence-electron chi connectivity index (χ3n) is 4.11. The maximum atomic E-state index is 12.7. The lowest BCUT2D eigenvalue weighted by molar-refractivity contribution is -0.154. The number of halogens is 3. The Labute approximate surface area is 142 Å². The molecule has 2 amide bonds. The second kappa shape index (κ2) is 6.89. The molecule has 0 spiro atoms. The van der Waals surface area contributed by atoms with Crippen molar-refractivity contribution in [2.45, 2.75) is 43.9 Å². The molecular formula is C16H18F3N3O3. The van der Waals surface area contributed by atoms with Gasteiger partial charge in [-0.1, -0.05) is 0 Å². The Morgan fingerprint density at radius 3 is 2.76 bits per heavy atom. The number of carbonyl (C=O) groups is 2. The summed E-state index contributed by atoms with van der Waals surface area (Å²) in [5.41, 5.74) is 0.151. The summed E-state index contributed by atoms with van der Waals surface area (Å²) in [5, 5.41) is 2.89. The zero-order chi connectivity index (χ0) is 18.0. The van der Waals surface area contributed by atoms with Gasteiger partial charge in [0, 0.05) is 30.4 Å². The van der Waals surface area contributed by atoms with Gasteiger partial charge in [-0.25, -0.2) is 4.98 Å². The lowest BCUT2D eigenvalue weighted by Gasteiger charge is -2.24. The maximum absolute atomic E-state index is 12.7. The normalized spacial score (nSPS) is 20.4. The average Bonchev–Trinajstić information content (AvgIpc) is 3.24. The summed E-state index contributed by atoms with van der Waals surface area (Å²) in [5.74, 6) is -0.856. The molecule has 1 atom stereocenters. The van der Waals surface area contributed by atoms with Crippen molar-refractivity contribution in [3.05, 3.63) is 23.9 Å². The number of likely N-dealkylation sites (tertiary alicyclic amines) is 1. The highest BCUT2D eigenvalue weighted by molar-refractivity contribution is 5.98. The van der Waals surface area contributed by atoms with Gasteiger partial charge in [0.1, 0.15) is 6.04 Å². The molecule has 0 aromatic carbocycles. The molecule has 2 fully saturated rings. The Morgan fingerprint density at radius 1 is 1.32 bits per heavy atom. The van der Waals surface area contributed by atoms with E-state index in [-0.39, 0.29) is 23.4 Å². The van der Waals surface area contributed by atoms with Gasteiger partial charge in [-0.05, 0) is 31.7 Å². The molecule has 1 unspecified atom stereocenters. The van der Waals surface area contributed by atoms with Gasteiger partial charge in [-0.3, -0.25) is 9.59 Å². The molecule has 1 aromatic heterocycles. The number of amides is 2. The number of hydrogen-bond acceptors (Lipinski definition) is 4. The van der Waals surface area contributed by atoms with E-state index in [4.69, 9.17) is 0 Å². The fourth-order valence-corrected chi connectivity index (χ4v) is 2.75. The van der Waals surface area contributed by atoms with Gasteiger partial charge in [-0.2, -0.15) is 13.2 Å². The molecule has 0 radical (unpaired) electrons. The summed E-state index contributed by atoms with van der Waals surface area (Å²) in [6.07, 6.45) is -0.0753. The van der Waals surface area contributed by atoms with Gasteiger partial charge in [0.15, 0.2) is 6.61 Å². The van der Waals surface area contributed by atoms with Crippen molar-refractivity contribution >= 4 is 11.8 Å². The molecular weight excluding hydrogens is 339 g/mol. The van der Waals surface area contributed by atoms with E-state index in [0.717, 1.165) is 12.8 Å². The topological polar surface area (TPSA) is 71.5 Å². The highest BCUT2D eigenvalue weighted by Gasteiger charge is 2.37. The Bertz CT molecular complexity index is 662. The summed E-state index contributed by atoms with van der Waals surface area (Å²) in [7, 11) is 0. The number of alkyl halides is 3. The number of nitrogens with one attached hydrogen (secondary N) is 1. The Balaban J connectivity index is 1.67. The molecule has 1 aromatic rings. The summed E-state index contributed by atoms with van der Waals surface area (Å²) >= 11 is 0. The van der Waals surface area contributed by atoms with E-state index in [9.17, 15) is 22.8 Å². The standard InChI is InChI=1S/C16H18F3N3O3/c17-16(18,19)9-25-13-8-10(5-6-20-13)15(24)22-7-1-2-12(22)14(23)21-11-3-4-11/h5-6,8,11-12H,1-4,7,9H2,(H,21,23). The second-order valence-electron chi connectivity index (χ2n) is 6.23. The number of rotatable bonds is 5. The van der Waals surface area contributed by atoms with Gasteiger partial charge in [0.05, 0.1) is 0 Å². The van der Waals surface area contributed by atoms with Crippen molar-refractivity contribution in [1.29, 1.82) is 0 Å². The first kappa shape index (κ1) is 17.5. The zero-order valence-corrected chi connectivity index (χ0v) is 13.4. The SMILES string of the molecule is O=C(NC1CC1)C1CCCN1C(=O)c1ccnc(OCC(F)(F)F)c1. The van der Waals surface area contributed by atoms with Gasteiger partial charge >= 0.3 is 6.18 Å². The molecule has 9 heteroatoms. The summed E-state index contributed by atoms with van der Waals surface area (Å²) in [6, 6.07) is 2.23. The minimum Gasteiger partial charge on any atom is -0.468 e.